The second-order valence-electron chi connectivity index (χ2n) is 6.12. The Morgan fingerprint density at radius 1 is 1.04 bits per heavy atom. The van der Waals surface area contributed by atoms with Gasteiger partial charge in [0.25, 0.3) is 0 Å². The van der Waals surface area contributed by atoms with Crippen LogP contribution < -0.4 is 0 Å². The maximum atomic E-state index is 13.1. The lowest BCUT2D eigenvalue weighted by Crippen LogP contribution is -2.49. The molecule has 2 aromatic carbocycles. The van der Waals surface area contributed by atoms with Crippen molar-refractivity contribution in [2.45, 2.75) is 17.9 Å². The van der Waals surface area contributed by atoms with Gasteiger partial charge in [0.2, 0.25) is 10.0 Å². The molecule has 0 bridgehead atoms. The minimum Gasteiger partial charge on any atom is -0.294 e. The normalized spacial score (nSPS) is 18.2. The van der Waals surface area contributed by atoms with Gasteiger partial charge in [0.15, 0.2) is 0 Å². The largest absolute Gasteiger partial charge is 0.294 e. The number of piperazine rings is 1. The molecule has 7 heteroatoms. The third-order valence-corrected chi connectivity index (χ3v) is 6.74. The van der Waals surface area contributed by atoms with Gasteiger partial charge in [-0.2, -0.15) is 4.31 Å². The molecule has 0 N–H and O–H groups in total. The Labute approximate surface area is 152 Å². The van der Waals surface area contributed by atoms with Crippen molar-refractivity contribution in [3.05, 3.63) is 64.9 Å². The smallest absolute Gasteiger partial charge is 0.243 e. The van der Waals surface area contributed by atoms with Crippen molar-refractivity contribution in [2.24, 2.45) is 0 Å². The zero-order valence-corrected chi connectivity index (χ0v) is 15.5. The van der Waals surface area contributed by atoms with Gasteiger partial charge < -0.3 is 0 Å². The van der Waals surface area contributed by atoms with E-state index in [-0.39, 0.29) is 16.8 Å². The molecule has 0 aliphatic carbocycles. The van der Waals surface area contributed by atoms with E-state index in [2.05, 4.69) is 4.90 Å². The molecule has 1 saturated heterocycles. The Morgan fingerprint density at radius 2 is 1.68 bits per heavy atom. The molecular formula is C18H20ClFN2O2S. The standard InChI is InChI=1S/C18H20ClFN2O2S/c1-14(15-5-7-17(20)8-6-15)21-9-11-22(12-10-21)25(23,24)18-4-2-3-16(19)13-18/h2-8,13-14H,9-12H2,1H3/t14-/m1/s1. The summed E-state index contributed by atoms with van der Waals surface area (Å²) in [4.78, 5) is 2.43. The van der Waals surface area contributed by atoms with Crippen molar-refractivity contribution in [1.82, 2.24) is 9.21 Å². The summed E-state index contributed by atoms with van der Waals surface area (Å²) >= 11 is 5.92. The van der Waals surface area contributed by atoms with Gasteiger partial charge in [0.1, 0.15) is 5.82 Å². The highest BCUT2D eigenvalue weighted by molar-refractivity contribution is 7.89. The van der Waals surface area contributed by atoms with Gasteiger partial charge in [-0.05, 0) is 42.8 Å². The molecule has 25 heavy (non-hydrogen) atoms. The van der Waals surface area contributed by atoms with E-state index in [4.69, 9.17) is 11.6 Å². The summed E-state index contributed by atoms with van der Waals surface area (Å²) in [7, 11) is -3.53. The van der Waals surface area contributed by atoms with Crippen molar-refractivity contribution in [1.29, 1.82) is 0 Å². The zero-order chi connectivity index (χ0) is 18.0. The van der Waals surface area contributed by atoms with Crippen molar-refractivity contribution < 1.29 is 12.8 Å². The van der Waals surface area contributed by atoms with Crippen LogP contribution in [0.5, 0.6) is 0 Å². The van der Waals surface area contributed by atoms with Crippen molar-refractivity contribution in [2.75, 3.05) is 26.2 Å². The van der Waals surface area contributed by atoms with Crippen LogP contribution in [0.4, 0.5) is 4.39 Å². The highest BCUT2D eigenvalue weighted by atomic mass is 35.5. The average molecular weight is 383 g/mol. The molecule has 0 amide bonds. The van der Waals surface area contributed by atoms with Gasteiger partial charge in [-0.3, -0.25) is 4.90 Å². The first-order valence-corrected chi connectivity index (χ1v) is 9.95. The highest BCUT2D eigenvalue weighted by Crippen LogP contribution is 2.25. The second-order valence-corrected chi connectivity index (χ2v) is 8.50. The minimum absolute atomic E-state index is 0.108. The number of hydrogen-bond acceptors (Lipinski definition) is 3. The molecule has 0 unspecified atom stereocenters. The third-order valence-electron chi connectivity index (χ3n) is 4.61. The quantitative estimate of drug-likeness (QED) is 0.812. The summed E-state index contributed by atoms with van der Waals surface area (Å²) in [5.41, 5.74) is 1.02. The maximum Gasteiger partial charge on any atom is 0.243 e. The van der Waals surface area contributed by atoms with Crippen LogP contribution in [-0.2, 0) is 10.0 Å². The van der Waals surface area contributed by atoms with Crippen LogP contribution in [0.1, 0.15) is 18.5 Å². The molecule has 1 atom stereocenters. The van der Waals surface area contributed by atoms with Crippen LogP contribution >= 0.6 is 11.6 Å². The van der Waals surface area contributed by atoms with E-state index < -0.39 is 10.0 Å². The SMILES string of the molecule is C[C@H](c1ccc(F)cc1)N1CCN(S(=O)(=O)c2cccc(Cl)c2)CC1. The van der Waals surface area contributed by atoms with Crippen molar-refractivity contribution in [3.8, 4) is 0 Å². The Kier molecular flexibility index (Phi) is 5.43. The fraction of sp³-hybridized carbons (Fsp3) is 0.333. The number of rotatable bonds is 4. The number of nitrogens with zero attached hydrogens (tertiary/aromatic N) is 2. The molecule has 0 aromatic heterocycles. The Balaban J connectivity index is 1.68. The third kappa shape index (κ3) is 4.03. The molecule has 1 fully saturated rings. The average Bonchev–Trinajstić information content (AvgIpc) is 2.62. The molecule has 1 heterocycles. The second kappa shape index (κ2) is 7.41. The highest BCUT2D eigenvalue weighted by Gasteiger charge is 2.30. The molecule has 0 saturated carbocycles. The number of benzene rings is 2. The lowest BCUT2D eigenvalue weighted by atomic mass is 10.1. The lowest BCUT2D eigenvalue weighted by molar-refractivity contribution is 0.146. The first kappa shape index (κ1) is 18.3. The van der Waals surface area contributed by atoms with Gasteiger partial charge in [-0.15, -0.1) is 0 Å². The van der Waals surface area contributed by atoms with Crippen LogP contribution in [0.3, 0.4) is 0 Å². The van der Waals surface area contributed by atoms with E-state index >= 15 is 0 Å². The van der Waals surface area contributed by atoms with E-state index in [0.717, 1.165) is 5.56 Å². The fourth-order valence-electron chi connectivity index (χ4n) is 3.06. The van der Waals surface area contributed by atoms with Gasteiger partial charge in [-0.25, -0.2) is 12.8 Å². The molecule has 1 aliphatic heterocycles. The number of hydrogen-bond donors (Lipinski definition) is 0. The zero-order valence-electron chi connectivity index (χ0n) is 13.9. The van der Waals surface area contributed by atoms with Crippen LogP contribution in [0.25, 0.3) is 0 Å². The monoisotopic (exact) mass is 382 g/mol. The predicted octanol–water partition coefficient (Wildman–Crippen LogP) is 3.55. The van der Waals surface area contributed by atoms with Gasteiger partial charge in [-0.1, -0.05) is 29.8 Å². The Hall–Kier alpha value is -1.47. The minimum atomic E-state index is -3.53. The predicted molar refractivity (Wildman–Crippen MR) is 96.6 cm³/mol. The first-order valence-electron chi connectivity index (χ1n) is 8.13. The first-order chi connectivity index (χ1) is 11.9. The Morgan fingerprint density at radius 3 is 2.28 bits per heavy atom. The van der Waals surface area contributed by atoms with Crippen LogP contribution in [-0.4, -0.2) is 43.8 Å². The molecular weight excluding hydrogens is 363 g/mol. The molecule has 0 radical (unpaired) electrons. The molecule has 0 spiro atoms. The molecule has 1 aliphatic rings. The molecule has 2 aromatic rings. The van der Waals surface area contributed by atoms with E-state index in [9.17, 15) is 12.8 Å². The summed E-state index contributed by atoms with van der Waals surface area (Å²) < 4.78 is 40.0. The van der Waals surface area contributed by atoms with Gasteiger partial charge >= 0.3 is 0 Å². The summed E-state index contributed by atoms with van der Waals surface area (Å²) in [5, 5.41) is 0.407. The van der Waals surface area contributed by atoms with Gasteiger partial charge in [0.05, 0.1) is 4.90 Å². The number of halogens is 2. The van der Waals surface area contributed by atoms with Crippen LogP contribution in [0.15, 0.2) is 53.4 Å². The summed E-state index contributed by atoms with van der Waals surface area (Å²) in [6.45, 7) is 4.13. The van der Waals surface area contributed by atoms with Crippen molar-refractivity contribution in [3.63, 3.8) is 0 Å². The topological polar surface area (TPSA) is 40.6 Å². The summed E-state index contributed by atoms with van der Waals surface area (Å²) in [6, 6.07) is 12.9. The van der Waals surface area contributed by atoms with Crippen LogP contribution in [0, 0.1) is 5.82 Å². The summed E-state index contributed by atoms with van der Waals surface area (Å²) in [5.74, 6) is -0.256. The van der Waals surface area contributed by atoms with Crippen molar-refractivity contribution >= 4 is 21.6 Å². The summed E-state index contributed by atoms with van der Waals surface area (Å²) in [6.07, 6.45) is 0. The maximum absolute atomic E-state index is 13.1. The number of sulfonamides is 1. The Bertz CT molecular complexity index is 834. The lowest BCUT2D eigenvalue weighted by Gasteiger charge is -2.37. The van der Waals surface area contributed by atoms with Crippen LogP contribution in [0.2, 0.25) is 5.02 Å². The van der Waals surface area contributed by atoms with Gasteiger partial charge in [0, 0.05) is 37.2 Å². The van der Waals surface area contributed by atoms with E-state index in [0.29, 0.717) is 31.2 Å². The van der Waals surface area contributed by atoms with E-state index in [1.165, 1.54) is 22.5 Å². The van der Waals surface area contributed by atoms with E-state index in [1.54, 1.807) is 30.3 Å². The van der Waals surface area contributed by atoms with E-state index in [1.807, 2.05) is 6.92 Å². The molecule has 4 nitrogen and oxygen atoms in total. The molecule has 134 valence electrons. The molecule has 3 rings (SSSR count). The fourth-order valence-corrected chi connectivity index (χ4v) is 4.78.